The Balaban J connectivity index is 1.56. The van der Waals surface area contributed by atoms with Crippen molar-refractivity contribution in [3.05, 3.63) is 48.0 Å². The second-order valence-electron chi connectivity index (χ2n) is 7.66. The van der Waals surface area contributed by atoms with E-state index in [0.717, 1.165) is 23.6 Å². The summed E-state index contributed by atoms with van der Waals surface area (Å²) >= 11 is 0. The Bertz CT molecular complexity index is 944. The van der Waals surface area contributed by atoms with Crippen LogP contribution in [0.1, 0.15) is 36.0 Å². The molecule has 2 aliphatic heterocycles. The first-order chi connectivity index (χ1) is 14.0. The van der Waals surface area contributed by atoms with Crippen molar-refractivity contribution in [1.29, 1.82) is 0 Å². The first-order valence-corrected chi connectivity index (χ1v) is 9.97. The number of benzene rings is 2. The molecule has 0 saturated carbocycles. The molecule has 4 rings (SSSR count). The molecular formula is C22H24N2O5. The number of hydrogen-bond donors (Lipinski definition) is 2. The van der Waals surface area contributed by atoms with Crippen LogP contribution in [0.25, 0.3) is 10.8 Å². The van der Waals surface area contributed by atoms with Gasteiger partial charge in [0.15, 0.2) is 6.04 Å². The maximum Gasteiger partial charge on any atom is 0.328 e. The molecule has 7 heteroatoms. The molecule has 0 bridgehead atoms. The van der Waals surface area contributed by atoms with Crippen LogP contribution in [0.4, 0.5) is 0 Å². The SMILES string of the molecule is O=C(NC1CCCCC2COCC(C(=O)O)N2C1=O)c1ccc2ccccc2c1. The fourth-order valence-corrected chi connectivity index (χ4v) is 4.21. The van der Waals surface area contributed by atoms with Gasteiger partial charge in [-0.1, -0.05) is 43.2 Å². The van der Waals surface area contributed by atoms with Crippen molar-refractivity contribution in [3.8, 4) is 0 Å². The Labute approximate surface area is 168 Å². The number of amides is 2. The number of nitrogens with zero attached hydrogens (tertiary/aromatic N) is 1. The predicted octanol–water partition coefficient (Wildman–Crippen LogP) is 2.19. The average Bonchev–Trinajstić information content (AvgIpc) is 2.73. The summed E-state index contributed by atoms with van der Waals surface area (Å²) in [4.78, 5) is 39.2. The van der Waals surface area contributed by atoms with Gasteiger partial charge in [-0.3, -0.25) is 9.59 Å². The minimum absolute atomic E-state index is 0.0249. The van der Waals surface area contributed by atoms with Gasteiger partial charge in [0.25, 0.3) is 5.91 Å². The van der Waals surface area contributed by atoms with Crippen LogP contribution >= 0.6 is 0 Å². The molecule has 3 atom stereocenters. The normalized spacial score (nSPS) is 25.0. The molecule has 2 aliphatic rings. The molecule has 0 radical (unpaired) electrons. The van der Waals surface area contributed by atoms with Crippen LogP contribution in [-0.4, -0.2) is 59.1 Å². The topological polar surface area (TPSA) is 95.9 Å². The lowest BCUT2D eigenvalue weighted by molar-refractivity contribution is -0.165. The van der Waals surface area contributed by atoms with E-state index in [2.05, 4.69) is 5.32 Å². The zero-order valence-electron chi connectivity index (χ0n) is 16.0. The van der Waals surface area contributed by atoms with Crippen molar-refractivity contribution >= 4 is 28.6 Å². The molecule has 152 valence electrons. The van der Waals surface area contributed by atoms with E-state index >= 15 is 0 Å². The van der Waals surface area contributed by atoms with E-state index in [0.29, 0.717) is 25.0 Å². The predicted molar refractivity (Wildman–Crippen MR) is 107 cm³/mol. The summed E-state index contributed by atoms with van der Waals surface area (Å²) in [5.74, 6) is -1.74. The van der Waals surface area contributed by atoms with E-state index in [-0.39, 0.29) is 24.5 Å². The number of fused-ring (bicyclic) bond motifs is 2. The van der Waals surface area contributed by atoms with Gasteiger partial charge in [-0.15, -0.1) is 0 Å². The zero-order valence-corrected chi connectivity index (χ0v) is 16.0. The van der Waals surface area contributed by atoms with Gasteiger partial charge < -0.3 is 20.1 Å². The molecule has 2 aromatic rings. The Morgan fingerprint density at radius 3 is 2.59 bits per heavy atom. The van der Waals surface area contributed by atoms with Crippen LogP contribution in [0.2, 0.25) is 0 Å². The number of carboxylic acid groups (broad SMARTS) is 1. The number of ether oxygens (including phenoxy) is 1. The highest BCUT2D eigenvalue weighted by molar-refractivity contribution is 6.01. The molecule has 2 fully saturated rings. The number of rotatable bonds is 3. The number of nitrogens with one attached hydrogen (secondary N) is 1. The van der Waals surface area contributed by atoms with E-state index in [1.165, 1.54) is 4.90 Å². The molecule has 2 saturated heterocycles. The molecule has 0 aliphatic carbocycles. The number of aliphatic carboxylic acids is 1. The lowest BCUT2D eigenvalue weighted by atomic mass is 9.95. The third kappa shape index (κ3) is 3.96. The van der Waals surface area contributed by atoms with Crippen LogP contribution in [0.15, 0.2) is 42.5 Å². The largest absolute Gasteiger partial charge is 0.480 e. The summed E-state index contributed by atoms with van der Waals surface area (Å²) in [6, 6.07) is 11.2. The maximum absolute atomic E-state index is 13.2. The highest BCUT2D eigenvalue weighted by atomic mass is 16.5. The number of carboxylic acids is 1. The van der Waals surface area contributed by atoms with E-state index in [1.807, 2.05) is 30.3 Å². The second kappa shape index (κ2) is 8.21. The average molecular weight is 396 g/mol. The van der Waals surface area contributed by atoms with Gasteiger partial charge in [0.05, 0.1) is 19.3 Å². The standard InChI is InChI=1S/C22H24N2O5/c25-20(16-10-9-14-5-1-2-6-15(14)11-16)23-18-8-4-3-7-17-12-29-13-19(22(27)28)24(17)21(18)26/h1-2,5-6,9-11,17-19H,3-4,7-8,12-13H2,(H,23,25)(H,27,28). The number of hydrogen-bond acceptors (Lipinski definition) is 4. The van der Waals surface area contributed by atoms with Crippen LogP contribution in [0.3, 0.4) is 0 Å². The number of morpholine rings is 1. The first kappa shape index (κ1) is 19.4. The van der Waals surface area contributed by atoms with E-state index < -0.39 is 18.1 Å². The molecule has 2 N–H and O–H groups in total. The summed E-state index contributed by atoms with van der Waals surface area (Å²) in [7, 11) is 0. The van der Waals surface area contributed by atoms with Crippen molar-refractivity contribution in [1.82, 2.24) is 10.2 Å². The van der Waals surface area contributed by atoms with Gasteiger partial charge in [-0.25, -0.2) is 4.79 Å². The molecular weight excluding hydrogens is 372 g/mol. The van der Waals surface area contributed by atoms with Crippen LogP contribution < -0.4 is 5.32 Å². The molecule has 2 aromatic carbocycles. The van der Waals surface area contributed by atoms with Gasteiger partial charge in [0.1, 0.15) is 6.04 Å². The lowest BCUT2D eigenvalue weighted by Gasteiger charge is -2.43. The van der Waals surface area contributed by atoms with Gasteiger partial charge in [-0.2, -0.15) is 0 Å². The fourth-order valence-electron chi connectivity index (χ4n) is 4.21. The summed E-state index contributed by atoms with van der Waals surface area (Å²) in [5, 5.41) is 14.4. The van der Waals surface area contributed by atoms with Crippen molar-refractivity contribution in [2.45, 2.75) is 43.8 Å². The minimum Gasteiger partial charge on any atom is -0.480 e. The van der Waals surface area contributed by atoms with Gasteiger partial charge in [-0.05, 0) is 35.7 Å². The van der Waals surface area contributed by atoms with Gasteiger partial charge in [0.2, 0.25) is 5.91 Å². The summed E-state index contributed by atoms with van der Waals surface area (Å²) < 4.78 is 5.42. The monoisotopic (exact) mass is 396 g/mol. The summed E-state index contributed by atoms with van der Waals surface area (Å²) in [6.45, 7) is 0.309. The van der Waals surface area contributed by atoms with Gasteiger partial charge in [0, 0.05) is 5.56 Å². The first-order valence-electron chi connectivity index (χ1n) is 9.97. The molecule has 2 amide bonds. The molecule has 0 spiro atoms. The smallest absolute Gasteiger partial charge is 0.328 e. The molecule has 3 unspecified atom stereocenters. The van der Waals surface area contributed by atoms with Gasteiger partial charge >= 0.3 is 5.97 Å². The zero-order chi connectivity index (χ0) is 20.4. The Hall–Kier alpha value is -2.93. The maximum atomic E-state index is 13.2. The van der Waals surface area contributed by atoms with E-state index in [1.54, 1.807) is 12.1 Å². The molecule has 7 nitrogen and oxygen atoms in total. The van der Waals surface area contributed by atoms with Crippen molar-refractivity contribution in [2.24, 2.45) is 0 Å². The van der Waals surface area contributed by atoms with E-state index in [9.17, 15) is 19.5 Å². The summed E-state index contributed by atoms with van der Waals surface area (Å²) in [6.07, 6.45) is 2.85. The van der Waals surface area contributed by atoms with Crippen molar-refractivity contribution in [2.75, 3.05) is 13.2 Å². The Morgan fingerprint density at radius 2 is 1.79 bits per heavy atom. The molecule has 29 heavy (non-hydrogen) atoms. The van der Waals surface area contributed by atoms with Crippen LogP contribution in [0.5, 0.6) is 0 Å². The van der Waals surface area contributed by atoms with Crippen LogP contribution in [0, 0.1) is 0 Å². The minimum atomic E-state index is -1.08. The quantitative estimate of drug-likeness (QED) is 0.829. The highest BCUT2D eigenvalue weighted by Gasteiger charge is 2.42. The summed E-state index contributed by atoms with van der Waals surface area (Å²) in [5.41, 5.74) is 0.479. The number of carbonyl (C=O) groups excluding carboxylic acids is 2. The molecule has 0 aromatic heterocycles. The third-order valence-electron chi connectivity index (χ3n) is 5.75. The van der Waals surface area contributed by atoms with Crippen LogP contribution in [-0.2, 0) is 14.3 Å². The molecule has 2 heterocycles. The Kier molecular flexibility index (Phi) is 5.49. The second-order valence-corrected chi connectivity index (χ2v) is 7.66. The van der Waals surface area contributed by atoms with Crippen molar-refractivity contribution in [3.63, 3.8) is 0 Å². The number of carbonyl (C=O) groups is 3. The van der Waals surface area contributed by atoms with Crippen molar-refractivity contribution < 1.29 is 24.2 Å². The van der Waals surface area contributed by atoms with E-state index in [4.69, 9.17) is 4.74 Å². The fraction of sp³-hybridized carbons (Fsp3) is 0.409. The lowest BCUT2D eigenvalue weighted by Crippen LogP contribution is -2.62. The Morgan fingerprint density at radius 1 is 1.03 bits per heavy atom. The highest BCUT2D eigenvalue weighted by Crippen LogP contribution is 2.25. The third-order valence-corrected chi connectivity index (χ3v) is 5.75.